The van der Waals surface area contributed by atoms with E-state index in [4.69, 9.17) is 4.74 Å². The highest BCUT2D eigenvalue weighted by Gasteiger charge is 2.48. The minimum atomic E-state index is -1.15. The fourth-order valence-electron chi connectivity index (χ4n) is 5.23. The molecule has 1 aliphatic rings. The van der Waals surface area contributed by atoms with Crippen LogP contribution in [0.1, 0.15) is 64.3 Å². The van der Waals surface area contributed by atoms with Gasteiger partial charge in [0.2, 0.25) is 0 Å². The van der Waals surface area contributed by atoms with E-state index >= 15 is 4.39 Å². The zero-order valence-corrected chi connectivity index (χ0v) is 24.3. The Bertz CT molecular complexity index is 1490. The normalized spacial score (nSPS) is 16.8. The first-order valence-corrected chi connectivity index (χ1v) is 13.8. The molecule has 1 heterocycles. The summed E-state index contributed by atoms with van der Waals surface area (Å²) in [5.41, 5.74) is 1.76. The van der Waals surface area contributed by atoms with Crippen LogP contribution in [0.25, 0.3) is 5.76 Å². The van der Waals surface area contributed by atoms with Crippen molar-refractivity contribution < 1.29 is 28.2 Å². The number of aliphatic hydroxyl groups is 1. The molecular weight excluding hydrogens is 526 g/mol. The summed E-state index contributed by atoms with van der Waals surface area (Å²) in [4.78, 5) is 30.1. The minimum Gasteiger partial charge on any atom is -0.507 e. The van der Waals surface area contributed by atoms with Crippen LogP contribution in [-0.2, 0) is 15.0 Å². The lowest BCUT2D eigenvalue weighted by Gasteiger charge is -2.27. The van der Waals surface area contributed by atoms with E-state index in [-0.39, 0.29) is 22.4 Å². The van der Waals surface area contributed by atoms with Crippen LogP contribution in [0.3, 0.4) is 0 Å². The number of halogens is 2. The summed E-state index contributed by atoms with van der Waals surface area (Å²) in [5.74, 6) is -3.53. The van der Waals surface area contributed by atoms with Gasteiger partial charge in [-0.1, -0.05) is 32.9 Å². The molecule has 1 unspecified atom stereocenters. The number of ether oxygens (including phenoxy) is 1. The zero-order valence-electron chi connectivity index (χ0n) is 24.3. The Hall–Kier alpha value is -4.20. The third-order valence-corrected chi connectivity index (χ3v) is 7.31. The summed E-state index contributed by atoms with van der Waals surface area (Å²) in [5, 5.41) is 11.6. The van der Waals surface area contributed by atoms with Gasteiger partial charge in [0.25, 0.3) is 11.7 Å². The van der Waals surface area contributed by atoms with Crippen LogP contribution in [0.15, 0.2) is 66.2 Å². The van der Waals surface area contributed by atoms with Crippen molar-refractivity contribution in [1.29, 1.82) is 0 Å². The zero-order chi connectivity index (χ0) is 30.1. The first-order valence-electron chi connectivity index (χ1n) is 13.8. The second-order valence-corrected chi connectivity index (χ2v) is 10.9. The summed E-state index contributed by atoms with van der Waals surface area (Å²) < 4.78 is 34.6. The predicted octanol–water partition coefficient (Wildman–Crippen LogP) is 7.13. The number of anilines is 2. The van der Waals surface area contributed by atoms with Crippen LogP contribution in [0, 0.1) is 11.6 Å². The summed E-state index contributed by atoms with van der Waals surface area (Å²) in [6, 6.07) is 14.0. The Morgan fingerprint density at radius 2 is 1.61 bits per heavy atom. The molecule has 0 saturated carbocycles. The largest absolute Gasteiger partial charge is 0.507 e. The third kappa shape index (κ3) is 5.69. The summed E-state index contributed by atoms with van der Waals surface area (Å²) in [7, 11) is 0. The first-order chi connectivity index (χ1) is 19.4. The van der Waals surface area contributed by atoms with Gasteiger partial charge in [0, 0.05) is 36.0 Å². The average molecular weight is 563 g/mol. The Balaban J connectivity index is 1.95. The van der Waals surface area contributed by atoms with E-state index in [0.29, 0.717) is 29.5 Å². The molecule has 4 rings (SSSR count). The molecule has 0 aliphatic carbocycles. The van der Waals surface area contributed by atoms with Crippen LogP contribution in [-0.4, -0.2) is 36.5 Å². The second-order valence-electron chi connectivity index (χ2n) is 10.9. The van der Waals surface area contributed by atoms with Crippen LogP contribution in [0.4, 0.5) is 20.2 Å². The van der Waals surface area contributed by atoms with Crippen molar-refractivity contribution in [2.75, 3.05) is 29.5 Å². The molecule has 0 bridgehead atoms. The smallest absolute Gasteiger partial charge is 0.300 e. The minimum absolute atomic E-state index is 0.182. The number of amides is 1. The van der Waals surface area contributed by atoms with E-state index in [1.807, 2.05) is 53.7 Å². The maximum absolute atomic E-state index is 15.1. The summed E-state index contributed by atoms with van der Waals surface area (Å²) >= 11 is 0. The average Bonchev–Trinajstić information content (AvgIpc) is 3.19. The van der Waals surface area contributed by atoms with E-state index in [0.717, 1.165) is 41.4 Å². The molecule has 1 amide bonds. The molecule has 216 valence electrons. The molecule has 41 heavy (non-hydrogen) atoms. The molecule has 3 aromatic rings. The lowest BCUT2D eigenvalue weighted by atomic mass is 9.84. The van der Waals surface area contributed by atoms with Gasteiger partial charge in [-0.3, -0.25) is 14.5 Å². The van der Waals surface area contributed by atoms with E-state index in [1.54, 1.807) is 30.3 Å². The number of Topliss-reactive ketones (excluding diaryl/α,β-unsaturated/α-hetero) is 1. The van der Waals surface area contributed by atoms with Gasteiger partial charge in [-0.15, -0.1) is 0 Å². The fraction of sp³-hybridized carbons (Fsp3) is 0.333. The molecule has 1 atom stereocenters. The van der Waals surface area contributed by atoms with E-state index in [2.05, 4.69) is 4.90 Å². The number of carbonyl (C=O) groups excluding carboxylic acids is 2. The molecule has 0 spiro atoms. The number of nitrogens with zero attached hydrogens (tertiary/aromatic N) is 2. The van der Waals surface area contributed by atoms with Gasteiger partial charge in [0.15, 0.2) is 0 Å². The van der Waals surface area contributed by atoms with Crippen molar-refractivity contribution >= 4 is 28.8 Å². The van der Waals surface area contributed by atoms with E-state index < -0.39 is 29.4 Å². The van der Waals surface area contributed by atoms with Crippen LogP contribution < -0.4 is 14.5 Å². The molecule has 0 radical (unpaired) electrons. The molecule has 1 N–H and O–H groups in total. The number of rotatable bonds is 8. The topological polar surface area (TPSA) is 70.1 Å². The van der Waals surface area contributed by atoms with Crippen molar-refractivity contribution in [2.24, 2.45) is 0 Å². The molecular formula is C33H36F2N2O4. The molecule has 1 aliphatic heterocycles. The molecule has 1 saturated heterocycles. The summed E-state index contributed by atoms with van der Waals surface area (Å²) in [6.45, 7) is 14.0. The molecule has 8 heteroatoms. The van der Waals surface area contributed by atoms with Gasteiger partial charge >= 0.3 is 0 Å². The Labute approximate surface area is 239 Å². The Kier molecular flexibility index (Phi) is 8.52. The number of aliphatic hydroxyl groups excluding tert-OH is 1. The maximum Gasteiger partial charge on any atom is 0.300 e. The third-order valence-electron chi connectivity index (χ3n) is 7.31. The lowest BCUT2D eigenvalue weighted by Crippen LogP contribution is -2.30. The number of hydrogen-bond acceptors (Lipinski definition) is 5. The van der Waals surface area contributed by atoms with Crippen molar-refractivity contribution in [2.45, 2.75) is 53.0 Å². The first kappa shape index (κ1) is 29.8. The van der Waals surface area contributed by atoms with Gasteiger partial charge in [-0.05, 0) is 74.2 Å². The number of benzene rings is 3. The van der Waals surface area contributed by atoms with Crippen LogP contribution in [0.5, 0.6) is 5.75 Å². The second kappa shape index (κ2) is 11.7. The SMILES string of the molecule is CCOc1ccc(/C(O)=C2/C(=O)C(=O)N(c3ccc(F)cc3F)C2c2ccc(N(CC)CC)cc2)cc1C(C)(C)C. The highest BCUT2D eigenvalue weighted by molar-refractivity contribution is 6.51. The van der Waals surface area contributed by atoms with E-state index in [1.165, 1.54) is 0 Å². The fourth-order valence-corrected chi connectivity index (χ4v) is 5.23. The van der Waals surface area contributed by atoms with Gasteiger partial charge in [0.1, 0.15) is 23.1 Å². The molecule has 6 nitrogen and oxygen atoms in total. The van der Waals surface area contributed by atoms with Gasteiger partial charge in [-0.2, -0.15) is 0 Å². The highest BCUT2D eigenvalue weighted by atomic mass is 19.1. The highest BCUT2D eigenvalue weighted by Crippen LogP contribution is 2.44. The van der Waals surface area contributed by atoms with Gasteiger partial charge in [-0.25, -0.2) is 8.78 Å². The van der Waals surface area contributed by atoms with Crippen LogP contribution >= 0.6 is 0 Å². The van der Waals surface area contributed by atoms with Crippen molar-refractivity contribution in [3.8, 4) is 5.75 Å². The standard InChI is InChI=1S/C33H36F2N2O4/c1-7-36(8-2)23-14-10-20(11-15-23)29-28(31(39)32(40)37(29)26-16-13-22(34)19-25(26)35)30(38)21-12-17-27(41-9-3)24(18-21)33(4,5)6/h10-19,29,38H,7-9H2,1-6H3/b30-28-. The quantitative estimate of drug-likeness (QED) is 0.180. The van der Waals surface area contributed by atoms with Crippen molar-refractivity contribution in [1.82, 2.24) is 0 Å². The number of carbonyl (C=O) groups is 2. The van der Waals surface area contributed by atoms with Gasteiger partial charge < -0.3 is 14.7 Å². The number of ketones is 1. The van der Waals surface area contributed by atoms with Crippen molar-refractivity contribution in [3.63, 3.8) is 0 Å². The predicted molar refractivity (Wildman–Crippen MR) is 157 cm³/mol. The molecule has 3 aromatic carbocycles. The summed E-state index contributed by atoms with van der Waals surface area (Å²) in [6.07, 6.45) is 0. The van der Waals surface area contributed by atoms with Gasteiger partial charge in [0.05, 0.1) is 23.9 Å². The van der Waals surface area contributed by atoms with E-state index in [9.17, 15) is 19.1 Å². The Morgan fingerprint density at radius 3 is 2.17 bits per heavy atom. The monoisotopic (exact) mass is 562 g/mol. The van der Waals surface area contributed by atoms with Crippen molar-refractivity contribution in [3.05, 3.63) is 94.6 Å². The lowest BCUT2D eigenvalue weighted by molar-refractivity contribution is -0.132. The van der Waals surface area contributed by atoms with Crippen LogP contribution in [0.2, 0.25) is 0 Å². The maximum atomic E-state index is 15.1. The molecule has 0 aromatic heterocycles. The Morgan fingerprint density at radius 1 is 0.951 bits per heavy atom. The molecule has 1 fully saturated rings. The number of hydrogen-bond donors (Lipinski definition) is 1.